The van der Waals surface area contributed by atoms with Crippen LogP contribution >= 0.6 is 0 Å². The topological polar surface area (TPSA) is 4.93 Å². The van der Waals surface area contributed by atoms with Gasteiger partial charge in [-0.05, 0) is 123 Å². The highest BCUT2D eigenvalue weighted by molar-refractivity contribution is 6.10. The van der Waals surface area contributed by atoms with E-state index in [0.29, 0.717) is 0 Å². The third kappa shape index (κ3) is 5.61. The molecule has 1 heterocycles. The van der Waals surface area contributed by atoms with Crippen LogP contribution < -0.4 is 0 Å². The third-order valence-electron chi connectivity index (χ3n) is 12.4. The lowest BCUT2D eigenvalue weighted by Crippen LogP contribution is -2.15. The molecule has 1 nitrogen and oxygen atoms in total. The molecule has 0 bridgehead atoms. The summed E-state index contributed by atoms with van der Waals surface area (Å²) in [5, 5.41) is 2.56. The summed E-state index contributed by atoms with van der Waals surface area (Å²) >= 11 is 0. The van der Waals surface area contributed by atoms with Crippen LogP contribution in [0.4, 0.5) is 0 Å². The lowest BCUT2D eigenvalue weighted by molar-refractivity contribution is 0.659. The number of hydrogen-bond acceptors (Lipinski definition) is 0. The zero-order valence-electron chi connectivity index (χ0n) is 32.6. The van der Waals surface area contributed by atoms with Crippen molar-refractivity contribution in [3.05, 3.63) is 221 Å². The van der Waals surface area contributed by atoms with Crippen molar-refractivity contribution in [2.45, 2.75) is 45.4 Å². The second-order valence-electron chi connectivity index (χ2n) is 16.2. The van der Waals surface area contributed by atoms with Gasteiger partial charge in [0, 0.05) is 27.8 Å². The zero-order chi connectivity index (χ0) is 38.0. The highest BCUT2D eigenvalue weighted by Crippen LogP contribution is 2.50. The Labute approximate surface area is 330 Å². The monoisotopic (exact) mass is 719 g/mol. The zero-order valence-corrected chi connectivity index (χ0v) is 32.6. The molecule has 0 fully saturated rings. The van der Waals surface area contributed by atoms with Gasteiger partial charge >= 0.3 is 0 Å². The number of benzene rings is 8. The number of aryl methyl sites for hydroxylation is 2. The first kappa shape index (κ1) is 34.1. The second kappa shape index (κ2) is 13.4. The first-order valence-corrected chi connectivity index (χ1v) is 19.9. The summed E-state index contributed by atoms with van der Waals surface area (Å²) in [6.07, 6.45) is 0.917. The number of nitrogens with zero attached hydrogens (tertiary/aromatic N) is 1. The predicted molar refractivity (Wildman–Crippen MR) is 237 cm³/mol. The summed E-state index contributed by atoms with van der Waals surface area (Å²) in [7, 11) is 0. The third-order valence-corrected chi connectivity index (χ3v) is 12.4. The van der Waals surface area contributed by atoms with Crippen LogP contribution in [0.25, 0.3) is 60.9 Å². The summed E-state index contributed by atoms with van der Waals surface area (Å²) in [5.74, 6) is 0.200. The Morgan fingerprint density at radius 2 is 1.05 bits per heavy atom. The maximum absolute atomic E-state index is 2.49. The Morgan fingerprint density at radius 1 is 0.464 bits per heavy atom. The SMILES string of the molecule is Cc1cc(CC(c2ccc(-c3ccccc3)cc2)c2ccc3c(c2)-c2ccccc2C3(C)C)cc(C)c1-c1ccc2c(c1)c1ccccc1n2-c1ccccc1. The largest absolute Gasteiger partial charge is 0.309 e. The van der Waals surface area contributed by atoms with Crippen LogP contribution in [0.15, 0.2) is 182 Å². The Kier molecular flexibility index (Phi) is 8.15. The van der Waals surface area contributed by atoms with Gasteiger partial charge in [-0.15, -0.1) is 0 Å². The van der Waals surface area contributed by atoms with Crippen LogP contribution in [0, 0.1) is 13.8 Å². The number of para-hydroxylation sites is 2. The molecule has 9 aromatic rings. The molecule has 1 aromatic heterocycles. The molecule has 0 spiro atoms. The lowest BCUT2D eigenvalue weighted by atomic mass is 9.80. The van der Waals surface area contributed by atoms with Crippen molar-refractivity contribution in [1.82, 2.24) is 4.57 Å². The lowest BCUT2D eigenvalue weighted by Gasteiger charge is -2.24. The smallest absolute Gasteiger partial charge is 0.0541 e. The molecule has 0 radical (unpaired) electrons. The van der Waals surface area contributed by atoms with Crippen molar-refractivity contribution in [3.63, 3.8) is 0 Å². The molecule has 1 aliphatic carbocycles. The van der Waals surface area contributed by atoms with Crippen molar-refractivity contribution >= 4 is 21.8 Å². The van der Waals surface area contributed by atoms with Crippen molar-refractivity contribution in [2.75, 3.05) is 0 Å². The van der Waals surface area contributed by atoms with Gasteiger partial charge in [-0.25, -0.2) is 0 Å². The summed E-state index contributed by atoms with van der Waals surface area (Å²) in [4.78, 5) is 0. The minimum absolute atomic E-state index is 0.0131. The van der Waals surface area contributed by atoms with E-state index in [2.05, 4.69) is 214 Å². The summed E-state index contributed by atoms with van der Waals surface area (Å²) in [5.41, 5.74) is 21.0. The van der Waals surface area contributed by atoms with E-state index in [1.54, 1.807) is 0 Å². The fourth-order valence-electron chi connectivity index (χ4n) is 9.77. The Bertz CT molecular complexity index is 2890. The minimum Gasteiger partial charge on any atom is -0.309 e. The molecule has 1 unspecified atom stereocenters. The van der Waals surface area contributed by atoms with Gasteiger partial charge in [0.1, 0.15) is 0 Å². The molecule has 1 heteroatoms. The van der Waals surface area contributed by atoms with E-state index in [0.717, 1.165) is 6.42 Å². The molecule has 56 heavy (non-hydrogen) atoms. The average Bonchev–Trinajstić information content (AvgIpc) is 3.68. The minimum atomic E-state index is -0.0131. The van der Waals surface area contributed by atoms with Crippen molar-refractivity contribution in [2.24, 2.45) is 0 Å². The fraction of sp³-hybridized carbons (Fsp3) is 0.127. The van der Waals surface area contributed by atoms with E-state index in [9.17, 15) is 0 Å². The number of hydrogen-bond donors (Lipinski definition) is 0. The van der Waals surface area contributed by atoms with E-state index in [4.69, 9.17) is 0 Å². The molecule has 270 valence electrons. The Morgan fingerprint density at radius 3 is 1.82 bits per heavy atom. The fourth-order valence-corrected chi connectivity index (χ4v) is 9.77. The predicted octanol–water partition coefficient (Wildman–Crippen LogP) is 14.4. The Balaban J connectivity index is 1.05. The maximum Gasteiger partial charge on any atom is 0.0541 e. The van der Waals surface area contributed by atoms with E-state index in [1.165, 1.54) is 99.8 Å². The van der Waals surface area contributed by atoms with Crippen LogP contribution in [0.3, 0.4) is 0 Å². The van der Waals surface area contributed by atoms with Gasteiger partial charge in [0.05, 0.1) is 11.0 Å². The van der Waals surface area contributed by atoms with Crippen LogP contribution in [0.5, 0.6) is 0 Å². The van der Waals surface area contributed by atoms with Gasteiger partial charge < -0.3 is 4.57 Å². The van der Waals surface area contributed by atoms with Crippen LogP contribution in [-0.2, 0) is 11.8 Å². The van der Waals surface area contributed by atoms with Crippen molar-refractivity contribution in [1.29, 1.82) is 0 Å². The van der Waals surface area contributed by atoms with Crippen LogP contribution in [0.1, 0.15) is 58.7 Å². The first-order valence-electron chi connectivity index (χ1n) is 19.9. The van der Waals surface area contributed by atoms with Crippen LogP contribution in [-0.4, -0.2) is 4.57 Å². The molecular formula is C55H45N. The van der Waals surface area contributed by atoms with Gasteiger partial charge in [-0.1, -0.05) is 166 Å². The quantitative estimate of drug-likeness (QED) is 0.155. The van der Waals surface area contributed by atoms with E-state index in [1.807, 2.05) is 0 Å². The van der Waals surface area contributed by atoms with E-state index < -0.39 is 0 Å². The van der Waals surface area contributed by atoms with E-state index >= 15 is 0 Å². The standard InChI is InChI=1S/C55H45N/c1-36-31-38(32-37(2)54(36)43-28-30-53-49(35-43)46-20-12-14-22-52(46)56(53)44-17-9-6-10-18-44)33-47(41-25-23-40(24-26-41)39-15-7-5-8-16-39)42-27-29-51-48(34-42)45-19-11-13-21-50(45)55(51,3)4/h5-32,34-35,47H,33H2,1-4H3. The first-order chi connectivity index (χ1) is 27.3. The molecule has 1 atom stereocenters. The summed E-state index contributed by atoms with van der Waals surface area (Å²) in [6, 6.07) is 67.7. The number of fused-ring (bicyclic) bond motifs is 6. The van der Waals surface area contributed by atoms with Gasteiger partial charge in [0.15, 0.2) is 0 Å². The van der Waals surface area contributed by atoms with Crippen molar-refractivity contribution in [3.8, 4) is 39.1 Å². The molecule has 10 rings (SSSR count). The van der Waals surface area contributed by atoms with Crippen molar-refractivity contribution < 1.29 is 0 Å². The summed E-state index contributed by atoms with van der Waals surface area (Å²) < 4.78 is 2.39. The van der Waals surface area contributed by atoms with Gasteiger partial charge in [-0.3, -0.25) is 0 Å². The molecule has 8 aromatic carbocycles. The van der Waals surface area contributed by atoms with E-state index in [-0.39, 0.29) is 11.3 Å². The number of aromatic nitrogens is 1. The number of rotatable bonds is 7. The molecule has 1 aliphatic rings. The molecule has 0 saturated carbocycles. The normalized spacial score (nSPS) is 13.5. The second-order valence-corrected chi connectivity index (χ2v) is 16.2. The molecule has 0 amide bonds. The summed E-state index contributed by atoms with van der Waals surface area (Å²) in [6.45, 7) is 9.31. The highest BCUT2D eigenvalue weighted by atomic mass is 15.0. The Hall–Kier alpha value is -6.44. The van der Waals surface area contributed by atoms with Crippen LogP contribution in [0.2, 0.25) is 0 Å². The molecule has 0 aliphatic heterocycles. The van der Waals surface area contributed by atoms with Gasteiger partial charge in [0.25, 0.3) is 0 Å². The maximum atomic E-state index is 2.49. The highest BCUT2D eigenvalue weighted by Gasteiger charge is 2.35. The van der Waals surface area contributed by atoms with Gasteiger partial charge in [-0.2, -0.15) is 0 Å². The van der Waals surface area contributed by atoms with Gasteiger partial charge in [0.2, 0.25) is 0 Å². The average molecular weight is 720 g/mol. The molecule has 0 N–H and O–H groups in total. The molecule has 0 saturated heterocycles. The molecular weight excluding hydrogens is 675 g/mol.